The fourth-order valence-electron chi connectivity index (χ4n) is 3.47. The number of rotatable bonds is 8. The number of thioether (sulfide) groups is 1. The predicted octanol–water partition coefficient (Wildman–Crippen LogP) is 6.12. The Labute approximate surface area is 194 Å². The fourth-order valence-corrected chi connectivity index (χ4v) is 4.97. The molecule has 0 radical (unpaired) electrons. The molecule has 32 heavy (non-hydrogen) atoms. The molecule has 0 aliphatic rings. The van der Waals surface area contributed by atoms with E-state index in [0.717, 1.165) is 32.6 Å². The average molecular weight is 460 g/mol. The van der Waals surface area contributed by atoms with E-state index >= 15 is 0 Å². The summed E-state index contributed by atoms with van der Waals surface area (Å²) >= 11 is 3.36. The Bertz CT molecular complexity index is 1220. The first-order valence-corrected chi connectivity index (χ1v) is 12.1. The van der Waals surface area contributed by atoms with Crippen molar-refractivity contribution in [1.29, 1.82) is 0 Å². The Morgan fingerprint density at radius 2 is 1.94 bits per heavy atom. The largest absolute Gasteiger partial charge is 0.467 e. The molecule has 0 bridgehead atoms. The molecule has 1 amide bonds. The molecule has 7 heteroatoms. The van der Waals surface area contributed by atoms with E-state index in [2.05, 4.69) is 11.2 Å². The number of aromatic nitrogens is 2. The van der Waals surface area contributed by atoms with Crippen molar-refractivity contribution in [2.45, 2.75) is 23.7 Å². The van der Waals surface area contributed by atoms with Gasteiger partial charge in [0.15, 0.2) is 0 Å². The molecule has 0 spiro atoms. The molecule has 160 valence electrons. The van der Waals surface area contributed by atoms with E-state index in [-0.39, 0.29) is 5.91 Å². The summed E-state index contributed by atoms with van der Waals surface area (Å²) in [5, 5.41) is 2.03. The molecule has 0 unspecified atom stereocenters. The summed E-state index contributed by atoms with van der Waals surface area (Å²) in [6.07, 6.45) is 5.69. The van der Waals surface area contributed by atoms with Crippen molar-refractivity contribution >= 4 is 34.7 Å². The maximum absolute atomic E-state index is 13.3. The lowest BCUT2D eigenvalue weighted by Crippen LogP contribution is -2.29. The number of carbonyl (C=O) groups is 1. The van der Waals surface area contributed by atoms with Gasteiger partial charge in [0.25, 0.3) is 5.91 Å². The van der Waals surface area contributed by atoms with E-state index < -0.39 is 0 Å². The summed E-state index contributed by atoms with van der Waals surface area (Å²) in [5.41, 5.74) is 2.65. The van der Waals surface area contributed by atoms with Gasteiger partial charge < -0.3 is 13.7 Å². The van der Waals surface area contributed by atoms with Crippen molar-refractivity contribution in [2.24, 2.45) is 0 Å². The lowest BCUT2D eigenvalue weighted by Gasteiger charge is -2.21. The van der Waals surface area contributed by atoms with Crippen molar-refractivity contribution in [3.05, 3.63) is 113 Å². The van der Waals surface area contributed by atoms with Gasteiger partial charge in [-0.15, -0.1) is 23.1 Å². The van der Waals surface area contributed by atoms with Gasteiger partial charge >= 0.3 is 0 Å². The number of imidazole rings is 1. The summed E-state index contributed by atoms with van der Waals surface area (Å²) in [6.45, 7) is 0.996. The Morgan fingerprint density at radius 3 is 2.69 bits per heavy atom. The normalized spacial score (nSPS) is 11.1. The van der Waals surface area contributed by atoms with Crippen molar-refractivity contribution in [3.8, 4) is 0 Å². The highest BCUT2D eigenvalue weighted by Gasteiger charge is 2.18. The third-order valence-electron chi connectivity index (χ3n) is 5.04. The van der Waals surface area contributed by atoms with Gasteiger partial charge in [0, 0.05) is 33.5 Å². The van der Waals surface area contributed by atoms with Gasteiger partial charge in [-0.25, -0.2) is 4.98 Å². The molecule has 0 atom stereocenters. The zero-order valence-electron chi connectivity index (χ0n) is 17.3. The molecule has 1 aromatic carbocycles. The quantitative estimate of drug-likeness (QED) is 0.262. The highest BCUT2D eigenvalue weighted by Crippen LogP contribution is 2.24. The molecule has 0 N–H and O–H groups in total. The zero-order valence-corrected chi connectivity index (χ0v) is 18.9. The van der Waals surface area contributed by atoms with Crippen molar-refractivity contribution in [3.63, 3.8) is 0 Å². The van der Waals surface area contributed by atoms with Crippen LogP contribution >= 0.6 is 23.1 Å². The minimum absolute atomic E-state index is 0.00768. The van der Waals surface area contributed by atoms with E-state index in [1.165, 1.54) is 0 Å². The predicted molar refractivity (Wildman–Crippen MR) is 128 cm³/mol. The Balaban J connectivity index is 1.27. The smallest absolute Gasteiger partial charge is 0.254 e. The summed E-state index contributed by atoms with van der Waals surface area (Å²) in [4.78, 5) is 22.0. The molecule has 5 rings (SSSR count). The lowest BCUT2D eigenvalue weighted by molar-refractivity contribution is 0.0719. The monoisotopic (exact) mass is 459 g/mol. The number of nitrogens with zero attached hydrogens (tertiary/aromatic N) is 3. The Morgan fingerprint density at radius 1 is 1.03 bits per heavy atom. The second-order valence-electron chi connectivity index (χ2n) is 7.33. The molecule has 5 nitrogen and oxygen atoms in total. The number of thiophene rings is 1. The summed E-state index contributed by atoms with van der Waals surface area (Å²) in [6, 6.07) is 21.6. The van der Waals surface area contributed by atoms with E-state index in [1.54, 1.807) is 29.4 Å². The second-order valence-corrected chi connectivity index (χ2v) is 9.41. The number of furan rings is 1. The first-order valence-electron chi connectivity index (χ1n) is 10.2. The Hall–Kier alpha value is -3.29. The van der Waals surface area contributed by atoms with Crippen LogP contribution in [0.4, 0.5) is 0 Å². The minimum Gasteiger partial charge on any atom is -0.467 e. The van der Waals surface area contributed by atoms with Crippen LogP contribution < -0.4 is 0 Å². The van der Waals surface area contributed by atoms with Crippen molar-refractivity contribution in [1.82, 2.24) is 14.3 Å². The average Bonchev–Trinajstić information content (AvgIpc) is 3.59. The van der Waals surface area contributed by atoms with E-state index in [1.807, 2.05) is 87.6 Å². The zero-order chi connectivity index (χ0) is 21.8. The molecular formula is C25H21N3O2S2. The topological polar surface area (TPSA) is 50.8 Å². The number of hydrogen-bond donors (Lipinski definition) is 0. The molecule has 0 saturated carbocycles. The highest BCUT2D eigenvalue weighted by molar-refractivity contribution is 7.98. The minimum atomic E-state index is -0.00768. The van der Waals surface area contributed by atoms with Gasteiger partial charge in [-0.2, -0.15) is 0 Å². The first-order chi connectivity index (χ1) is 15.7. The molecule has 5 aromatic rings. The number of fused-ring (bicyclic) bond motifs is 1. The number of amides is 1. The molecule has 0 aliphatic carbocycles. The van der Waals surface area contributed by atoms with Crippen LogP contribution in [0, 0.1) is 0 Å². The Kier molecular flexibility index (Phi) is 6.09. The van der Waals surface area contributed by atoms with Gasteiger partial charge in [-0.1, -0.05) is 12.1 Å². The number of benzene rings is 1. The molecular weight excluding hydrogens is 438 g/mol. The molecule has 4 heterocycles. The fraction of sp³-hybridized carbons (Fsp3) is 0.120. The van der Waals surface area contributed by atoms with Crippen molar-refractivity contribution in [2.75, 3.05) is 0 Å². The molecule has 0 aliphatic heterocycles. The summed E-state index contributed by atoms with van der Waals surface area (Å²) < 4.78 is 7.51. The van der Waals surface area contributed by atoms with Gasteiger partial charge in [-0.3, -0.25) is 4.79 Å². The molecule has 0 fully saturated rings. The van der Waals surface area contributed by atoms with E-state index in [9.17, 15) is 4.79 Å². The van der Waals surface area contributed by atoms with Crippen LogP contribution in [0.5, 0.6) is 0 Å². The van der Waals surface area contributed by atoms with Gasteiger partial charge in [-0.05, 0) is 60.0 Å². The number of carbonyl (C=O) groups excluding carboxylic acids is 1. The third kappa shape index (κ3) is 4.79. The molecule has 4 aromatic heterocycles. The van der Waals surface area contributed by atoms with Gasteiger partial charge in [0.2, 0.25) is 0 Å². The van der Waals surface area contributed by atoms with E-state index in [0.29, 0.717) is 18.7 Å². The van der Waals surface area contributed by atoms with Crippen LogP contribution in [0.15, 0.2) is 100 Å². The number of hydrogen-bond acceptors (Lipinski definition) is 5. The first kappa shape index (κ1) is 20.6. The highest BCUT2D eigenvalue weighted by atomic mass is 32.2. The van der Waals surface area contributed by atoms with Crippen LogP contribution in [0.25, 0.3) is 5.65 Å². The summed E-state index contributed by atoms with van der Waals surface area (Å²) in [5.74, 6) is 1.54. The van der Waals surface area contributed by atoms with Crippen molar-refractivity contribution < 1.29 is 9.21 Å². The van der Waals surface area contributed by atoms with Gasteiger partial charge in [0.1, 0.15) is 11.4 Å². The second kappa shape index (κ2) is 9.46. The molecule has 0 saturated heterocycles. The van der Waals surface area contributed by atoms with Crippen LogP contribution in [0.2, 0.25) is 0 Å². The van der Waals surface area contributed by atoms with E-state index in [4.69, 9.17) is 4.42 Å². The van der Waals surface area contributed by atoms with Crippen LogP contribution in [-0.2, 0) is 18.8 Å². The lowest BCUT2D eigenvalue weighted by atomic mass is 10.2. The summed E-state index contributed by atoms with van der Waals surface area (Å²) in [7, 11) is 0. The standard InChI is InChI=1S/C25H21N3O2S2/c29-25(28(16-21-5-3-13-30-21)17-23-6-4-14-31-23)19-8-10-22(11-9-19)32-18-20-15-27-12-2-1-7-24(27)26-20/h1-15H,16-18H2. The van der Waals surface area contributed by atoms with Gasteiger partial charge in [0.05, 0.1) is 25.0 Å². The van der Waals surface area contributed by atoms with Crippen LogP contribution in [0.1, 0.15) is 26.7 Å². The SMILES string of the molecule is O=C(c1ccc(SCc2cn3ccccc3n2)cc1)N(Cc1ccco1)Cc1cccs1. The maximum Gasteiger partial charge on any atom is 0.254 e. The van der Waals surface area contributed by atoms with Crippen LogP contribution in [0.3, 0.4) is 0 Å². The number of pyridine rings is 1. The maximum atomic E-state index is 13.3. The third-order valence-corrected chi connectivity index (χ3v) is 6.95. The van der Waals surface area contributed by atoms with Crippen LogP contribution in [-0.4, -0.2) is 20.2 Å².